The summed E-state index contributed by atoms with van der Waals surface area (Å²) in [5, 5.41) is 0. The Morgan fingerprint density at radius 1 is 1.11 bits per heavy atom. The molecule has 1 aliphatic carbocycles. The Kier molecular flexibility index (Phi) is 5.84. The van der Waals surface area contributed by atoms with Gasteiger partial charge in [-0.15, -0.1) is 0 Å². The fourth-order valence-electron chi connectivity index (χ4n) is 3.18. The summed E-state index contributed by atoms with van der Waals surface area (Å²) in [6.07, 6.45) is 1.82. The molecule has 0 radical (unpaired) electrons. The van der Waals surface area contributed by atoms with Crippen molar-refractivity contribution < 1.29 is 22.7 Å². The van der Waals surface area contributed by atoms with E-state index in [0.717, 1.165) is 18.4 Å². The van der Waals surface area contributed by atoms with Crippen LogP contribution in [0.3, 0.4) is 0 Å². The molecule has 0 aromatic heterocycles. The second-order valence-electron chi connectivity index (χ2n) is 7.06. The first-order valence-electron chi connectivity index (χ1n) is 9.20. The number of aryl methyl sites for hydroxylation is 2. The van der Waals surface area contributed by atoms with Crippen LogP contribution in [-0.4, -0.2) is 26.3 Å². The SMILES string of the molecule is Cc1cccc(NS(=O)(=O)c2ccc(C)c(C(=O)O[C@@H]3CCCCC3=O)c2)c1. The van der Waals surface area contributed by atoms with Crippen LogP contribution in [0.5, 0.6) is 0 Å². The predicted molar refractivity (Wildman–Crippen MR) is 106 cm³/mol. The quantitative estimate of drug-likeness (QED) is 0.770. The van der Waals surface area contributed by atoms with Crippen molar-refractivity contribution in [3.05, 3.63) is 59.2 Å². The maximum Gasteiger partial charge on any atom is 0.339 e. The minimum absolute atomic E-state index is 0.0403. The molecule has 148 valence electrons. The average Bonchev–Trinajstić information content (AvgIpc) is 2.63. The van der Waals surface area contributed by atoms with Gasteiger partial charge >= 0.3 is 5.97 Å². The molecule has 0 saturated heterocycles. The highest BCUT2D eigenvalue weighted by Crippen LogP contribution is 2.23. The number of hydrogen-bond acceptors (Lipinski definition) is 5. The zero-order valence-corrected chi connectivity index (χ0v) is 16.7. The summed E-state index contributed by atoms with van der Waals surface area (Å²) in [5.41, 5.74) is 2.09. The first-order chi connectivity index (χ1) is 13.3. The van der Waals surface area contributed by atoms with Crippen LogP contribution < -0.4 is 4.72 Å². The molecule has 28 heavy (non-hydrogen) atoms. The van der Waals surface area contributed by atoms with E-state index in [4.69, 9.17) is 4.74 Å². The molecule has 0 aliphatic heterocycles. The summed E-state index contributed by atoms with van der Waals surface area (Å²) in [5.74, 6) is -0.757. The molecule has 0 bridgehead atoms. The largest absolute Gasteiger partial charge is 0.451 e. The molecule has 0 heterocycles. The van der Waals surface area contributed by atoms with Gasteiger partial charge in [0.1, 0.15) is 0 Å². The second kappa shape index (κ2) is 8.14. The first-order valence-corrected chi connectivity index (χ1v) is 10.7. The number of Topliss-reactive ketones (excluding diaryl/α,β-unsaturated/α-hetero) is 1. The third-order valence-electron chi connectivity index (χ3n) is 4.76. The maximum atomic E-state index is 12.7. The highest BCUT2D eigenvalue weighted by molar-refractivity contribution is 7.92. The lowest BCUT2D eigenvalue weighted by molar-refractivity contribution is -0.129. The van der Waals surface area contributed by atoms with E-state index in [-0.39, 0.29) is 16.2 Å². The van der Waals surface area contributed by atoms with Gasteiger partial charge in [0.15, 0.2) is 11.9 Å². The molecule has 0 spiro atoms. The number of anilines is 1. The van der Waals surface area contributed by atoms with E-state index in [1.54, 1.807) is 31.2 Å². The number of esters is 1. The number of carbonyl (C=O) groups is 2. The molecule has 1 aliphatic rings. The highest BCUT2D eigenvalue weighted by atomic mass is 32.2. The minimum Gasteiger partial charge on any atom is -0.451 e. The molecule has 1 fully saturated rings. The average molecular weight is 401 g/mol. The molecular weight excluding hydrogens is 378 g/mol. The van der Waals surface area contributed by atoms with E-state index in [0.29, 0.717) is 24.1 Å². The van der Waals surface area contributed by atoms with Gasteiger partial charge in [-0.25, -0.2) is 13.2 Å². The first kappa shape index (κ1) is 20.1. The zero-order chi connectivity index (χ0) is 20.3. The third-order valence-corrected chi connectivity index (χ3v) is 6.14. The second-order valence-corrected chi connectivity index (χ2v) is 8.74. The zero-order valence-electron chi connectivity index (χ0n) is 15.9. The normalized spacial score (nSPS) is 17.2. The van der Waals surface area contributed by atoms with Gasteiger partial charge in [0.25, 0.3) is 10.0 Å². The summed E-state index contributed by atoms with van der Waals surface area (Å²) >= 11 is 0. The predicted octanol–water partition coefficient (Wildman–Crippen LogP) is 3.77. The number of ketones is 1. The Morgan fingerprint density at radius 3 is 2.61 bits per heavy atom. The number of rotatable bonds is 5. The topological polar surface area (TPSA) is 89.5 Å². The van der Waals surface area contributed by atoms with Crippen LogP contribution in [0.15, 0.2) is 47.4 Å². The molecule has 1 atom stereocenters. The van der Waals surface area contributed by atoms with Crippen molar-refractivity contribution in [3.8, 4) is 0 Å². The van der Waals surface area contributed by atoms with Crippen molar-refractivity contribution in [1.29, 1.82) is 0 Å². The van der Waals surface area contributed by atoms with Crippen molar-refractivity contribution in [3.63, 3.8) is 0 Å². The number of benzene rings is 2. The standard InChI is InChI=1S/C21H23NO5S/c1-14-6-5-7-16(12-14)22-28(25,26)17-11-10-15(2)18(13-17)21(24)27-20-9-4-3-8-19(20)23/h5-7,10-13,20,22H,3-4,8-9H2,1-2H3/t20-/m1/s1. The maximum absolute atomic E-state index is 12.7. The molecule has 0 amide bonds. The van der Waals surface area contributed by atoms with Crippen LogP contribution in [-0.2, 0) is 19.6 Å². The van der Waals surface area contributed by atoms with Crippen LogP contribution in [0.25, 0.3) is 0 Å². The van der Waals surface area contributed by atoms with E-state index in [1.807, 2.05) is 13.0 Å². The van der Waals surface area contributed by atoms with Gasteiger partial charge in [0.2, 0.25) is 0 Å². The van der Waals surface area contributed by atoms with Gasteiger partial charge in [-0.05, 0) is 68.5 Å². The molecule has 1 saturated carbocycles. The van der Waals surface area contributed by atoms with Crippen LogP contribution in [0.4, 0.5) is 5.69 Å². The fraction of sp³-hybridized carbons (Fsp3) is 0.333. The lowest BCUT2D eigenvalue weighted by atomic mass is 9.96. The number of sulfonamides is 1. The van der Waals surface area contributed by atoms with E-state index >= 15 is 0 Å². The van der Waals surface area contributed by atoms with Crippen molar-refractivity contribution in [2.24, 2.45) is 0 Å². The van der Waals surface area contributed by atoms with E-state index in [1.165, 1.54) is 12.1 Å². The molecule has 2 aromatic rings. The Labute approximate surface area is 165 Å². The Morgan fingerprint density at radius 2 is 1.89 bits per heavy atom. The lowest BCUT2D eigenvalue weighted by Gasteiger charge is -2.21. The fourth-order valence-corrected chi connectivity index (χ4v) is 4.25. The number of nitrogens with one attached hydrogen (secondary N) is 1. The molecule has 2 aromatic carbocycles. The molecule has 7 heteroatoms. The Balaban J connectivity index is 1.83. The van der Waals surface area contributed by atoms with Crippen LogP contribution in [0.2, 0.25) is 0 Å². The Hall–Kier alpha value is -2.67. The number of carbonyl (C=O) groups excluding carboxylic acids is 2. The minimum atomic E-state index is -3.87. The van der Waals surface area contributed by atoms with Crippen LogP contribution in [0.1, 0.15) is 47.2 Å². The van der Waals surface area contributed by atoms with E-state index in [2.05, 4.69) is 4.72 Å². The lowest BCUT2D eigenvalue weighted by Crippen LogP contribution is -2.30. The molecule has 3 rings (SSSR count). The van der Waals surface area contributed by atoms with Crippen molar-refractivity contribution in [1.82, 2.24) is 0 Å². The molecule has 0 unspecified atom stereocenters. The van der Waals surface area contributed by atoms with Crippen molar-refractivity contribution in [2.75, 3.05) is 4.72 Å². The van der Waals surface area contributed by atoms with Gasteiger partial charge in [0, 0.05) is 12.1 Å². The summed E-state index contributed by atoms with van der Waals surface area (Å²) in [6.45, 7) is 3.56. The van der Waals surface area contributed by atoms with Gasteiger partial charge in [-0.2, -0.15) is 0 Å². The van der Waals surface area contributed by atoms with Gasteiger partial charge < -0.3 is 4.74 Å². The van der Waals surface area contributed by atoms with E-state index in [9.17, 15) is 18.0 Å². The summed E-state index contributed by atoms with van der Waals surface area (Å²) in [4.78, 5) is 24.5. The summed E-state index contributed by atoms with van der Waals surface area (Å²) in [7, 11) is -3.87. The highest BCUT2D eigenvalue weighted by Gasteiger charge is 2.27. The van der Waals surface area contributed by atoms with Crippen LogP contribution >= 0.6 is 0 Å². The van der Waals surface area contributed by atoms with Gasteiger partial charge in [0.05, 0.1) is 10.5 Å². The van der Waals surface area contributed by atoms with Gasteiger partial charge in [-0.1, -0.05) is 18.2 Å². The summed E-state index contributed by atoms with van der Waals surface area (Å²) < 4.78 is 33.3. The van der Waals surface area contributed by atoms with Crippen molar-refractivity contribution in [2.45, 2.75) is 50.5 Å². The molecular formula is C21H23NO5S. The molecule has 6 nitrogen and oxygen atoms in total. The summed E-state index contributed by atoms with van der Waals surface area (Å²) in [6, 6.07) is 11.3. The smallest absolute Gasteiger partial charge is 0.339 e. The van der Waals surface area contributed by atoms with E-state index < -0.39 is 22.1 Å². The molecule has 1 N–H and O–H groups in total. The van der Waals surface area contributed by atoms with Crippen molar-refractivity contribution >= 4 is 27.5 Å². The number of hydrogen-bond donors (Lipinski definition) is 1. The number of ether oxygens (including phenoxy) is 1. The van der Waals surface area contributed by atoms with Crippen LogP contribution in [0, 0.1) is 13.8 Å². The third kappa shape index (κ3) is 4.59. The van der Waals surface area contributed by atoms with Gasteiger partial charge in [-0.3, -0.25) is 9.52 Å². The Bertz CT molecular complexity index is 1010. The monoisotopic (exact) mass is 401 g/mol.